The summed E-state index contributed by atoms with van der Waals surface area (Å²) in [5, 5.41) is 3.53. The largest absolute Gasteiger partial charge is 0.383 e. The zero-order chi connectivity index (χ0) is 13.2. The predicted octanol–water partition coefficient (Wildman–Crippen LogP) is 1.91. The summed E-state index contributed by atoms with van der Waals surface area (Å²) < 4.78 is 5.48. The number of likely N-dealkylation sites (tertiary alicyclic amines) is 1. The summed E-state index contributed by atoms with van der Waals surface area (Å²) in [6.45, 7) is 6.71. The third-order valence-electron chi connectivity index (χ3n) is 4.89. The third-order valence-corrected chi connectivity index (χ3v) is 4.89. The number of rotatable bonds is 4. The average molecular weight is 260 g/mol. The van der Waals surface area contributed by atoms with Gasteiger partial charge in [0, 0.05) is 19.7 Å². The Morgan fingerprint density at radius 3 is 2.79 bits per heavy atom. The fraction of sp³-hybridized carbons (Fsp3) is 0.625. The molecule has 2 fully saturated rings. The Morgan fingerprint density at radius 1 is 1.32 bits per heavy atom. The van der Waals surface area contributed by atoms with Crippen LogP contribution in [0.25, 0.3) is 0 Å². The van der Waals surface area contributed by atoms with Gasteiger partial charge in [0.1, 0.15) is 0 Å². The van der Waals surface area contributed by atoms with Crippen LogP contribution < -0.4 is 5.32 Å². The monoisotopic (exact) mass is 260 g/mol. The Kier molecular flexibility index (Phi) is 3.87. The maximum atomic E-state index is 5.48. The lowest BCUT2D eigenvalue weighted by Crippen LogP contribution is -2.38. The Balaban J connectivity index is 1.81. The van der Waals surface area contributed by atoms with Gasteiger partial charge in [-0.15, -0.1) is 0 Å². The van der Waals surface area contributed by atoms with Crippen molar-refractivity contribution in [1.82, 2.24) is 10.2 Å². The van der Waals surface area contributed by atoms with Crippen molar-refractivity contribution < 1.29 is 4.74 Å². The lowest BCUT2D eigenvalue weighted by atomic mass is 9.95. The predicted molar refractivity (Wildman–Crippen MR) is 77.1 cm³/mol. The van der Waals surface area contributed by atoms with Gasteiger partial charge in [-0.2, -0.15) is 0 Å². The molecule has 0 amide bonds. The van der Waals surface area contributed by atoms with E-state index >= 15 is 0 Å². The summed E-state index contributed by atoms with van der Waals surface area (Å²) in [6, 6.07) is 11.8. The van der Waals surface area contributed by atoms with E-state index in [4.69, 9.17) is 4.74 Å². The molecule has 1 N–H and O–H groups in total. The molecule has 0 bridgehead atoms. The SMILES string of the molecule is COCC(c1ccccc1)N1CC2CNCC2C1C. The Morgan fingerprint density at radius 2 is 2.11 bits per heavy atom. The zero-order valence-corrected chi connectivity index (χ0v) is 11.9. The second-order valence-corrected chi connectivity index (χ2v) is 5.90. The van der Waals surface area contributed by atoms with E-state index in [1.165, 1.54) is 25.2 Å². The van der Waals surface area contributed by atoms with E-state index in [9.17, 15) is 0 Å². The molecule has 3 heteroatoms. The molecule has 1 aromatic carbocycles. The van der Waals surface area contributed by atoms with Gasteiger partial charge in [-0.05, 0) is 37.4 Å². The van der Waals surface area contributed by atoms with Crippen molar-refractivity contribution in [3.05, 3.63) is 35.9 Å². The molecule has 2 saturated heterocycles. The van der Waals surface area contributed by atoms with Crippen molar-refractivity contribution in [2.45, 2.75) is 19.0 Å². The molecule has 1 aromatic rings. The summed E-state index contributed by atoms with van der Waals surface area (Å²) in [6.07, 6.45) is 0. The second-order valence-electron chi connectivity index (χ2n) is 5.90. The maximum Gasteiger partial charge on any atom is 0.0659 e. The minimum atomic E-state index is 0.395. The van der Waals surface area contributed by atoms with Crippen LogP contribution in [0.4, 0.5) is 0 Å². The molecule has 0 aromatic heterocycles. The van der Waals surface area contributed by atoms with Crippen LogP contribution in [0.5, 0.6) is 0 Å². The molecule has 0 spiro atoms. The quantitative estimate of drug-likeness (QED) is 0.895. The van der Waals surface area contributed by atoms with Gasteiger partial charge in [0.25, 0.3) is 0 Å². The van der Waals surface area contributed by atoms with E-state index < -0.39 is 0 Å². The molecular formula is C16H24N2O. The molecule has 2 aliphatic rings. The molecule has 104 valence electrons. The van der Waals surface area contributed by atoms with Crippen LogP contribution in [0.1, 0.15) is 18.5 Å². The molecule has 3 rings (SSSR count). The van der Waals surface area contributed by atoms with Gasteiger partial charge in [0.15, 0.2) is 0 Å². The van der Waals surface area contributed by atoms with Crippen LogP contribution in [0, 0.1) is 11.8 Å². The first-order chi connectivity index (χ1) is 9.31. The standard InChI is InChI=1S/C16H24N2O/c1-12-15-9-17-8-14(15)10-18(12)16(11-19-2)13-6-4-3-5-7-13/h3-7,12,14-17H,8-11H2,1-2H3. The van der Waals surface area contributed by atoms with E-state index in [1.54, 1.807) is 7.11 Å². The second kappa shape index (κ2) is 5.61. The van der Waals surface area contributed by atoms with E-state index in [-0.39, 0.29) is 0 Å². The van der Waals surface area contributed by atoms with Gasteiger partial charge in [-0.25, -0.2) is 0 Å². The van der Waals surface area contributed by atoms with Crippen molar-refractivity contribution >= 4 is 0 Å². The van der Waals surface area contributed by atoms with Crippen LogP contribution in [0.3, 0.4) is 0 Å². The van der Waals surface area contributed by atoms with Crippen molar-refractivity contribution in [3.63, 3.8) is 0 Å². The maximum absolute atomic E-state index is 5.48. The molecular weight excluding hydrogens is 236 g/mol. The number of nitrogens with zero attached hydrogens (tertiary/aromatic N) is 1. The van der Waals surface area contributed by atoms with Crippen LogP contribution in [-0.4, -0.2) is 44.3 Å². The number of hydrogen-bond acceptors (Lipinski definition) is 3. The number of methoxy groups -OCH3 is 1. The topological polar surface area (TPSA) is 24.5 Å². The highest BCUT2D eigenvalue weighted by atomic mass is 16.5. The highest BCUT2D eigenvalue weighted by Crippen LogP contribution is 2.37. The van der Waals surface area contributed by atoms with Crippen LogP contribution in [-0.2, 0) is 4.74 Å². The Labute approximate surface area is 115 Å². The number of nitrogens with one attached hydrogen (secondary N) is 1. The van der Waals surface area contributed by atoms with Crippen LogP contribution in [0.15, 0.2) is 30.3 Å². The Hall–Kier alpha value is -0.900. The summed E-state index contributed by atoms with van der Waals surface area (Å²) in [5.74, 6) is 1.63. The number of hydrogen-bond donors (Lipinski definition) is 1. The fourth-order valence-electron chi connectivity index (χ4n) is 3.83. The molecule has 0 aliphatic carbocycles. The fourth-order valence-corrected chi connectivity index (χ4v) is 3.83. The van der Waals surface area contributed by atoms with Gasteiger partial charge in [-0.1, -0.05) is 30.3 Å². The highest BCUT2D eigenvalue weighted by molar-refractivity contribution is 5.20. The number of ether oxygens (including phenoxy) is 1. The summed E-state index contributed by atoms with van der Waals surface area (Å²) >= 11 is 0. The minimum Gasteiger partial charge on any atom is -0.383 e. The molecule has 4 atom stereocenters. The highest BCUT2D eigenvalue weighted by Gasteiger charge is 2.44. The summed E-state index contributed by atoms with van der Waals surface area (Å²) in [4.78, 5) is 2.65. The first-order valence-electron chi connectivity index (χ1n) is 7.31. The molecule has 4 unspecified atom stereocenters. The smallest absolute Gasteiger partial charge is 0.0659 e. The van der Waals surface area contributed by atoms with E-state index in [1.807, 2.05) is 0 Å². The first-order valence-corrected chi connectivity index (χ1v) is 7.31. The first kappa shape index (κ1) is 13.1. The zero-order valence-electron chi connectivity index (χ0n) is 11.9. The van der Waals surface area contributed by atoms with E-state index in [0.29, 0.717) is 12.1 Å². The third kappa shape index (κ3) is 2.42. The minimum absolute atomic E-state index is 0.395. The van der Waals surface area contributed by atoms with Gasteiger partial charge in [0.05, 0.1) is 12.6 Å². The normalized spacial score (nSPS) is 32.4. The van der Waals surface area contributed by atoms with Crippen molar-refractivity contribution in [2.24, 2.45) is 11.8 Å². The van der Waals surface area contributed by atoms with Crippen molar-refractivity contribution in [1.29, 1.82) is 0 Å². The van der Waals surface area contributed by atoms with Crippen molar-refractivity contribution in [3.8, 4) is 0 Å². The van der Waals surface area contributed by atoms with Crippen LogP contribution >= 0.6 is 0 Å². The molecule has 2 heterocycles. The van der Waals surface area contributed by atoms with Gasteiger partial charge < -0.3 is 10.1 Å². The van der Waals surface area contributed by atoms with Gasteiger partial charge >= 0.3 is 0 Å². The van der Waals surface area contributed by atoms with Gasteiger partial charge in [-0.3, -0.25) is 4.90 Å². The van der Waals surface area contributed by atoms with E-state index in [0.717, 1.165) is 18.4 Å². The lowest BCUT2D eigenvalue weighted by molar-refractivity contribution is 0.0782. The molecule has 19 heavy (non-hydrogen) atoms. The van der Waals surface area contributed by atoms with Crippen LogP contribution in [0.2, 0.25) is 0 Å². The summed E-state index contributed by atoms with van der Waals surface area (Å²) in [7, 11) is 1.80. The molecule has 3 nitrogen and oxygen atoms in total. The summed E-state index contributed by atoms with van der Waals surface area (Å²) in [5.41, 5.74) is 1.38. The van der Waals surface area contributed by atoms with Gasteiger partial charge in [0.2, 0.25) is 0 Å². The van der Waals surface area contributed by atoms with Crippen molar-refractivity contribution in [2.75, 3.05) is 33.4 Å². The molecule has 2 aliphatic heterocycles. The average Bonchev–Trinajstić information content (AvgIpc) is 3.01. The molecule has 0 radical (unpaired) electrons. The number of fused-ring (bicyclic) bond motifs is 1. The molecule has 0 saturated carbocycles. The lowest BCUT2D eigenvalue weighted by Gasteiger charge is -2.33. The number of benzene rings is 1. The van der Waals surface area contributed by atoms with E-state index in [2.05, 4.69) is 47.5 Å². The Bertz CT molecular complexity index is 408.